The average molecular weight is 372 g/mol. The Morgan fingerprint density at radius 3 is 2.08 bits per heavy atom. The number of hydrogen-bond donors (Lipinski definition) is 1. The number of esters is 3. The summed E-state index contributed by atoms with van der Waals surface area (Å²) in [5, 5.41) is 5.89. The maximum atomic E-state index is 11.5. The van der Waals surface area contributed by atoms with Gasteiger partial charge in [0.05, 0.1) is 0 Å². The third-order valence-corrected chi connectivity index (χ3v) is 3.26. The van der Waals surface area contributed by atoms with Crippen molar-refractivity contribution in [2.75, 3.05) is 6.61 Å². The second-order valence-electron chi connectivity index (χ2n) is 5.45. The monoisotopic (exact) mass is 372 g/mol. The number of azide groups is 1. The molecule has 0 aromatic rings. The van der Waals surface area contributed by atoms with Gasteiger partial charge in [0.2, 0.25) is 5.91 Å². The molecule has 0 spiro atoms. The zero-order chi connectivity index (χ0) is 19.9. The highest BCUT2D eigenvalue weighted by Gasteiger charge is 2.50. The van der Waals surface area contributed by atoms with Crippen LogP contribution < -0.4 is 5.32 Å². The first-order valence-electron chi connectivity index (χ1n) is 7.60. The first kappa shape index (κ1) is 21.2. The van der Waals surface area contributed by atoms with Crippen LogP contribution in [0.4, 0.5) is 0 Å². The van der Waals surface area contributed by atoms with E-state index in [0.29, 0.717) is 0 Å². The largest absolute Gasteiger partial charge is 0.463 e. The summed E-state index contributed by atoms with van der Waals surface area (Å²) in [6.07, 6.45) is -4.82. The summed E-state index contributed by atoms with van der Waals surface area (Å²) in [4.78, 5) is 48.2. The molecule has 0 aromatic heterocycles. The zero-order valence-corrected chi connectivity index (χ0v) is 14.7. The fraction of sp³-hybridized carbons (Fsp3) is 0.714. The summed E-state index contributed by atoms with van der Waals surface area (Å²) < 4.78 is 20.8. The molecule has 0 saturated carbocycles. The summed E-state index contributed by atoms with van der Waals surface area (Å²) in [7, 11) is 0. The van der Waals surface area contributed by atoms with E-state index in [1.165, 1.54) is 6.92 Å². The molecule has 1 fully saturated rings. The molecule has 0 aromatic carbocycles. The molecular weight excluding hydrogens is 352 g/mol. The first-order chi connectivity index (χ1) is 12.1. The molecule has 5 atom stereocenters. The summed E-state index contributed by atoms with van der Waals surface area (Å²) in [5.74, 6) is -2.58. The fourth-order valence-corrected chi connectivity index (χ4v) is 2.46. The predicted molar refractivity (Wildman–Crippen MR) is 83.2 cm³/mol. The van der Waals surface area contributed by atoms with Crippen LogP contribution in [0.5, 0.6) is 0 Å². The fourth-order valence-electron chi connectivity index (χ4n) is 2.46. The first-order valence-corrected chi connectivity index (χ1v) is 7.60. The minimum absolute atomic E-state index is 0.352. The molecule has 12 nitrogen and oxygen atoms in total. The normalized spacial score (nSPS) is 27.5. The molecule has 12 heteroatoms. The van der Waals surface area contributed by atoms with Crippen molar-refractivity contribution in [1.29, 1.82) is 0 Å². The van der Waals surface area contributed by atoms with Crippen molar-refractivity contribution in [1.82, 2.24) is 5.32 Å². The lowest BCUT2D eigenvalue weighted by atomic mass is 9.95. The highest BCUT2D eigenvalue weighted by Crippen LogP contribution is 2.28. The van der Waals surface area contributed by atoms with E-state index in [-0.39, 0.29) is 6.61 Å². The second kappa shape index (κ2) is 9.59. The number of nitrogens with zero attached hydrogens (tertiary/aromatic N) is 3. The van der Waals surface area contributed by atoms with Crippen LogP contribution in [0.3, 0.4) is 0 Å². The lowest BCUT2D eigenvalue weighted by Gasteiger charge is -2.43. The summed E-state index contributed by atoms with van der Waals surface area (Å²) in [6.45, 7) is 4.26. The highest BCUT2D eigenvalue weighted by atomic mass is 16.6. The van der Waals surface area contributed by atoms with E-state index >= 15 is 0 Å². The Labute approximate surface area is 148 Å². The van der Waals surface area contributed by atoms with E-state index in [9.17, 15) is 19.2 Å². The molecule has 1 saturated heterocycles. The third-order valence-electron chi connectivity index (χ3n) is 3.26. The van der Waals surface area contributed by atoms with Crippen molar-refractivity contribution in [2.45, 2.75) is 58.3 Å². The van der Waals surface area contributed by atoms with Gasteiger partial charge in [0.25, 0.3) is 0 Å². The van der Waals surface area contributed by atoms with Crippen LogP contribution in [0.25, 0.3) is 10.4 Å². The standard InChI is InChI=1S/C14H20N4O8/c1-6(19)16-11-13(25-9(4)22)12(24-8(3)21)10(5-23-7(2)20)26-14(11)17-18-15/h10-14H,5H2,1-4H3,(H,16,19)/t10?,11?,12-,13?,14-/m1/s1. The molecule has 1 aliphatic rings. The van der Waals surface area contributed by atoms with Gasteiger partial charge in [-0.2, -0.15) is 0 Å². The van der Waals surface area contributed by atoms with Crippen molar-refractivity contribution >= 4 is 23.8 Å². The van der Waals surface area contributed by atoms with Gasteiger partial charge in [0.1, 0.15) is 18.8 Å². The van der Waals surface area contributed by atoms with Gasteiger partial charge in [-0.05, 0) is 5.53 Å². The Bertz CT molecular complexity index is 618. The topological polar surface area (TPSA) is 166 Å². The van der Waals surface area contributed by atoms with Crippen LogP contribution in [0.15, 0.2) is 5.11 Å². The second-order valence-corrected chi connectivity index (χ2v) is 5.45. The minimum Gasteiger partial charge on any atom is -0.463 e. The Balaban J connectivity index is 3.28. The molecule has 0 bridgehead atoms. The molecular formula is C14H20N4O8. The number of rotatable bonds is 6. The zero-order valence-electron chi connectivity index (χ0n) is 14.7. The van der Waals surface area contributed by atoms with Gasteiger partial charge >= 0.3 is 17.9 Å². The van der Waals surface area contributed by atoms with Crippen LogP contribution in [0, 0.1) is 0 Å². The number of carbonyl (C=O) groups is 4. The number of ether oxygens (including phenoxy) is 4. The lowest BCUT2D eigenvalue weighted by Crippen LogP contribution is -2.65. The van der Waals surface area contributed by atoms with E-state index in [1.807, 2.05) is 0 Å². The molecule has 0 radical (unpaired) electrons. The maximum absolute atomic E-state index is 11.5. The van der Waals surface area contributed by atoms with Crippen LogP contribution in [-0.2, 0) is 38.1 Å². The quantitative estimate of drug-likeness (QED) is 0.223. The van der Waals surface area contributed by atoms with Crippen molar-refractivity contribution in [2.24, 2.45) is 5.11 Å². The van der Waals surface area contributed by atoms with E-state index in [1.54, 1.807) is 0 Å². The van der Waals surface area contributed by atoms with Gasteiger partial charge in [-0.3, -0.25) is 19.2 Å². The van der Waals surface area contributed by atoms with E-state index in [4.69, 9.17) is 24.5 Å². The van der Waals surface area contributed by atoms with Crippen molar-refractivity contribution in [3.8, 4) is 0 Å². The predicted octanol–water partition coefficient (Wildman–Crippen LogP) is -0.0472. The number of nitrogens with one attached hydrogen (secondary N) is 1. The van der Waals surface area contributed by atoms with Gasteiger partial charge in [0, 0.05) is 32.6 Å². The summed E-state index contributed by atoms with van der Waals surface area (Å²) in [6, 6.07) is -1.12. The van der Waals surface area contributed by atoms with Crippen molar-refractivity contribution < 1.29 is 38.1 Å². The molecule has 1 aliphatic heterocycles. The number of amides is 1. The van der Waals surface area contributed by atoms with Crippen LogP contribution in [-0.4, -0.2) is 61.0 Å². The molecule has 1 amide bonds. The van der Waals surface area contributed by atoms with Crippen molar-refractivity contribution in [3.63, 3.8) is 0 Å². The summed E-state index contributed by atoms with van der Waals surface area (Å²) >= 11 is 0. The molecule has 0 aliphatic carbocycles. The number of carbonyl (C=O) groups excluding carboxylic acids is 4. The van der Waals surface area contributed by atoms with Gasteiger partial charge in [-0.25, -0.2) is 0 Å². The number of hydrogen-bond acceptors (Lipinski definition) is 9. The average Bonchev–Trinajstić information content (AvgIpc) is 2.50. The Kier molecular flexibility index (Phi) is 7.81. The molecule has 144 valence electrons. The maximum Gasteiger partial charge on any atom is 0.303 e. The van der Waals surface area contributed by atoms with Gasteiger partial charge in [-0.1, -0.05) is 5.11 Å². The smallest absolute Gasteiger partial charge is 0.303 e. The van der Waals surface area contributed by atoms with E-state index in [2.05, 4.69) is 15.3 Å². The molecule has 1 heterocycles. The Hall–Kier alpha value is -2.85. The summed E-state index contributed by atoms with van der Waals surface area (Å²) in [5.41, 5.74) is 8.74. The minimum atomic E-state index is -1.29. The third kappa shape index (κ3) is 6.22. The van der Waals surface area contributed by atoms with Crippen LogP contribution in [0.2, 0.25) is 0 Å². The Morgan fingerprint density at radius 1 is 1.04 bits per heavy atom. The van der Waals surface area contributed by atoms with Crippen LogP contribution in [0.1, 0.15) is 27.7 Å². The van der Waals surface area contributed by atoms with Gasteiger partial charge in [0.15, 0.2) is 18.4 Å². The highest BCUT2D eigenvalue weighted by molar-refractivity contribution is 5.73. The van der Waals surface area contributed by atoms with E-state index in [0.717, 1.165) is 20.8 Å². The van der Waals surface area contributed by atoms with Gasteiger partial charge in [-0.15, -0.1) is 0 Å². The van der Waals surface area contributed by atoms with Crippen LogP contribution >= 0.6 is 0 Å². The van der Waals surface area contributed by atoms with Gasteiger partial charge < -0.3 is 24.3 Å². The molecule has 3 unspecified atom stereocenters. The SMILES string of the molecule is CC(=O)NC1C(OC(C)=O)[C@H](OC(C)=O)C(COC(C)=O)O[C@H]1N=[N+]=[N-]. The van der Waals surface area contributed by atoms with E-state index < -0.39 is 54.4 Å². The Morgan fingerprint density at radius 2 is 1.62 bits per heavy atom. The molecule has 26 heavy (non-hydrogen) atoms. The molecule has 1 rings (SSSR count). The molecule has 1 N–H and O–H groups in total. The van der Waals surface area contributed by atoms with Crippen molar-refractivity contribution in [3.05, 3.63) is 10.4 Å². The lowest BCUT2D eigenvalue weighted by molar-refractivity contribution is -0.222.